The number of anilines is 1. The molecule has 2 unspecified atom stereocenters. The molecule has 1 amide bonds. The van der Waals surface area contributed by atoms with Crippen molar-refractivity contribution in [2.45, 2.75) is 30.9 Å². The number of benzene rings is 1. The molecule has 0 bridgehead atoms. The summed E-state index contributed by atoms with van der Waals surface area (Å²) >= 11 is 0. The Labute approximate surface area is 127 Å². The standard InChI is InChI=1S/C15H18F2N2O3/c16-15(17)7-13(18-9-15)14(20)19-10-1-3-11(4-2-10)22-12-5-6-21-8-12/h1-4,12-13,18H,5-9H2,(H,19,20). The van der Waals surface area contributed by atoms with Crippen molar-refractivity contribution in [2.24, 2.45) is 0 Å². The van der Waals surface area contributed by atoms with Crippen LogP contribution in [0, 0.1) is 0 Å². The number of carbonyl (C=O) groups is 1. The number of halogens is 2. The molecule has 3 rings (SSSR count). The minimum absolute atomic E-state index is 0.0605. The summed E-state index contributed by atoms with van der Waals surface area (Å²) in [5.74, 6) is -2.57. The third-order valence-electron chi connectivity index (χ3n) is 3.74. The molecule has 1 aromatic carbocycles. The second-order valence-corrected chi connectivity index (χ2v) is 5.61. The third-order valence-corrected chi connectivity index (χ3v) is 3.74. The fourth-order valence-electron chi connectivity index (χ4n) is 2.55. The van der Waals surface area contributed by atoms with Crippen LogP contribution in [0.2, 0.25) is 0 Å². The summed E-state index contributed by atoms with van der Waals surface area (Å²) in [6.45, 7) is 0.833. The van der Waals surface area contributed by atoms with E-state index in [9.17, 15) is 13.6 Å². The van der Waals surface area contributed by atoms with E-state index in [0.29, 0.717) is 24.7 Å². The first kappa shape index (κ1) is 15.2. The van der Waals surface area contributed by atoms with Gasteiger partial charge in [-0.1, -0.05) is 0 Å². The molecule has 2 fully saturated rings. The molecule has 2 N–H and O–H groups in total. The van der Waals surface area contributed by atoms with Crippen molar-refractivity contribution in [2.75, 3.05) is 25.1 Å². The number of alkyl halides is 2. The van der Waals surface area contributed by atoms with Gasteiger partial charge in [0.2, 0.25) is 5.91 Å². The number of carbonyl (C=O) groups excluding carboxylic acids is 1. The number of hydrogen-bond acceptors (Lipinski definition) is 4. The van der Waals surface area contributed by atoms with Crippen LogP contribution < -0.4 is 15.4 Å². The highest BCUT2D eigenvalue weighted by Crippen LogP contribution is 2.26. The third kappa shape index (κ3) is 3.72. The van der Waals surface area contributed by atoms with Gasteiger partial charge in [0.05, 0.1) is 25.8 Å². The van der Waals surface area contributed by atoms with E-state index in [2.05, 4.69) is 10.6 Å². The minimum atomic E-state index is -2.82. The molecule has 0 aromatic heterocycles. The first-order valence-corrected chi connectivity index (χ1v) is 7.28. The molecule has 1 aromatic rings. The predicted octanol–water partition coefficient (Wildman–Crippen LogP) is 1.79. The van der Waals surface area contributed by atoms with Gasteiger partial charge >= 0.3 is 0 Å². The fourth-order valence-corrected chi connectivity index (χ4v) is 2.55. The van der Waals surface area contributed by atoms with Gasteiger partial charge in [-0.3, -0.25) is 10.1 Å². The lowest BCUT2D eigenvalue weighted by molar-refractivity contribution is -0.118. The maximum Gasteiger partial charge on any atom is 0.262 e. The van der Waals surface area contributed by atoms with Crippen LogP contribution in [0.15, 0.2) is 24.3 Å². The molecule has 7 heteroatoms. The van der Waals surface area contributed by atoms with Crippen molar-refractivity contribution < 1.29 is 23.0 Å². The minimum Gasteiger partial charge on any atom is -0.488 e. The summed E-state index contributed by atoms with van der Waals surface area (Å²) in [4.78, 5) is 11.9. The average molecular weight is 312 g/mol. The highest BCUT2D eigenvalue weighted by molar-refractivity contribution is 5.95. The van der Waals surface area contributed by atoms with Crippen LogP contribution in [0.25, 0.3) is 0 Å². The molecule has 0 radical (unpaired) electrons. The van der Waals surface area contributed by atoms with Gasteiger partial charge in [0.1, 0.15) is 11.9 Å². The van der Waals surface area contributed by atoms with E-state index in [4.69, 9.17) is 9.47 Å². The molecule has 2 aliphatic heterocycles. The molecule has 2 aliphatic rings. The van der Waals surface area contributed by atoms with E-state index in [1.54, 1.807) is 24.3 Å². The Morgan fingerprint density at radius 1 is 1.36 bits per heavy atom. The Balaban J connectivity index is 1.53. The molecule has 0 spiro atoms. The predicted molar refractivity (Wildman–Crippen MR) is 76.3 cm³/mol. The summed E-state index contributed by atoms with van der Waals surface area (Å²) in [6.07, 6.45) is 0.451. The average Bonchev–Trinajstić information content (AvgIpc) is 3.10. The second kappa shape index (κ2) is 6.18. The van der Waals surface area contributed by atoms with Gasteiger partial charge in [0.15, 0.2) is 0 Å². The largest absolute Gasteiger partial charge is 0.488 e. The van der Waals surface area contributed by atoms with Gasteiger partial charge in [0.25, 0.3) is 5.92 Å². The van der Waals surface area contributed by atoms with Crippen LogP contribution in [-0.4, -0.2) is 43.7 Å². The van der Waals surface area contributed by atoms with Gasteiger partial charge in [-0.05, 0) is 24.3 Å². The molecular weight excluding hydrogens is 294 g/mol. The fraction of sp³-hybridized carbons (Fsp3) is 0.533. The van der Waals surface area contributed by atoms with Gasteiger partial charge in [0, 0.05) is 18.5 Å². The number of amides is 1. The van der Waals surface area contributed by atoms with E-state index in [0.717, 1.165) is 6.42 Å². The maximum atomic E-state index is 13.1. The normalized spacial score (nSPS) is 26.8. The lowest BCUT2D eigenvalue weighted by Crippen LogP contribution is -2.35. The van der Waals surface area contributed by atoms with Gasteiger partial charge in [-0.15, -0.1) is 0 Å². The second-order valence-electron chi connectivity index (χ2n) is 5.61. The van der Waals surface area contributed by atoms with E-state index < -0.39 is 30.8 Å². The van der Waals surface area contributed by atoms with Gasteiger partial charge in [-0.2, -0.15) is 0 Å². The smallest absolute Gasteiger partial charge is 0.262 e. The van der Waals surface area contributed by atoms with Crippen LogP contribution in [-0.2, 0) is 9.53 Å². The van der Waals surface area contributed by atoms with E-state index >= 15 is 0 Å². The molecule has 0 saturated carbocycles. The summed E-state index contributed by atoms with van der Waals surface area (Å²) < 4.78 is 37.1. The monoisotopic (exact) mass is 312 g/mol. The molecule has 22 heavy (non-hydrogen) atoms. The summed E-state index contributed by atoms with van der Waals surface area (Å²) in [6, 6.07) is 6.00. The van der Waals surface area contributed by atoms with Crippen molar-refractivity contribution in [1.82, 2.24) is 5.32 Å². The van der Waals surface area contributed by atoms with E-state index in [-0.39, 0.29) is 6.10 Å². The molecule has 2 atom stereocenters. The lowest BCUT2D eigenvalue weighted by Gasteiger charge is -2.13. The Morgan fingerprint density at radius 3 is 2.73 bits per heavy atom. The van der Waals surface area contributed by atoms with Crippen LogP contribution in [0.1, 0.15) is 12.8 Å². The zero-order valence-electron chi connectivity index (χ0n) is 12.0. The Hall–Kier alpha value is -1.73. The molecule has 120 valence electrons. The maximum absolute atomic E-state index is 13.1. The molecule has 2 saturated heterocycles. The zero-order valence-corrected chi connectivity index (χ0v) is 12.0. The van der Waals surface area contributed by atoms with Crippen LogP contribution in [0.4, 0.5) is 14.5 Å². The highest BCUT2D eigenvalue weighted by Gasteiger charge is 2.42. The zero-order chi connectivity index (χ0) is 15.6. The Bertz CT molecular complexity index is 530. The topological polar surface area (TPSA) is 59.6 Å². The first-order valence-electron chi connectivity index (χ1n) is 7.28. The van der Waals surface area contributed by atoms with Gasteiger partial charge in [-0.25, -0.2) is 8.78 Å². The van der Waals surface area contributed by atoms with Gasteiger partial charge < -0.3 is 14.8 Å². The molecular formula is C15H18F2N2O3. The van der Waals surface area contributed by atoms with Crippen molar-refractivity contribution in [3.8, 4) is 5.75 Å². The van der Waals surface area contributed by atoms with Crippen molar-refractivity contribution >= 4 is 11.6 Å². The van der Waals surface area contributed by atoms with E-state index in [1.165, 1.54) is 0 Å². The van der Waals surface area contributed by atoms with Crippen LogP contribution in [0.5, 0.6) is 5.75 Å². The summed E-state index contributed by atoms with van der Waals surface area (Å²) in [5.41, 5.74) is 0.553. The highest BCUT2D eigenvalue weighted by atomic mass is 19.3. The Morgan fingerprint density at radius 2 is 2.14 bits per heavy atom. The summed E-state index contributed by atoms with van der Waals surface area (Å²) in [7, 11) is 0. The SMILES string of the molecule is O=C(Nc1ccc(OC2CCOC2)cc1)C1CC(F)(F)CN1. The molecule has 0 aliphatic carbocycles. The van der Waals surface area contributed by atoms with Crippen LogP contribution >= 0.6 is 0 Å². The van der Waals surface area contributed by atoms with Crippen LogP contribution in [0.3, 0.4) is 0 Å². The van der Waals surface area contributed by atoms with E-state index in [1.807, 2.05) is 0 Å². The number of rotatable bonds is 4. The molecule has 5 nitrogen and oxygen atoms in total. The first-order chi connectivity index (χ1) is 10.5. The van der Waals surface area contributed by atoms with Crippen molar-refractivity contribution in [1.29, 1.82) is 0 Å². The number of nitrogens with one attached hydrogen (secondary N) is 2. The lowest BCUT2D eigenvalue weighted by atomic mass is 10.2. The Kier molecular flexibility index (Phi) is 4.26. The number of hydrogen-bond donors (Lipinski definition) is 2. The van der Waals surface area contributed by atoms with Crippen molar-refractivity contribution in [3.63, 3.8) is 0 Å². The van der Waals surface area contributed by atoms with Crippen molar-refractivity contribution in [3.05, 3.63) is 24.3 Å². The molecule has 2 heterocycles. The summed E-state index contributed by atoms with van der Waals surface area (Å²) in [5, 5.41) is 5.15. The number of ether oxygens (including phenoxy) is 2. The quantitative estimate of drug-likeness (QED) is 0.890.